The number of guanidine groups is 1. The lowest BCUT2D eigenvalue weighted by Gasteiger charge is -2.13. The molecule has 0 saturated heterocycles. The minimum atomic E-state index is -3.22. The molecule has 0 fully saturated rings. The van der Waals surface area contributed by atoms with E-state index in [-0.39, 0.29) is 24.0 Å². The number of benzene rings is 2. The Morgan fingerprint density at radius 2 is 1.77 bits per heavy atom. The van der Waals surface area contributed by atoms with Crippen LogP contribution >= 0.6 is 24.0 Å². The molecular formula is C23H28IN3O3S. The molecule has 0 aliphatic carbocycles. The Morgan fingerprint density at radius 1 is 1.00 bits per heavy atom. The maximum atomic E-state index is 11.8. The van der Waals surface area contributed by atoms with Gasteiger partial charge in [0, 0.05) is 25.8 Å². The van der Waals surface area contributed by atoms with Crippen molar-refractivity contribution in [3.05, 3.63) is 89.4 Å². The molecule has 0 radical (unpaired) electrons. The van der Waals surface area contributed by atoms with E-state index in [9.17, 15) is 8.42 Å². The fraction of sp³-hybridized carbons (Fsp3) is 0.261. The zero-order valence-corrected chi connectivity index (χ0v) is 20.8. The van der Waals surface area contributed by atoms with Gasteiger partial charge in [0.05, 0.1) is 17.7 Å². The molecule has 0 bridgehead atoms. The molecule has 1 heterocycles. The summed E-state index contributed by atoms with van der Waals surface area (Å²) in [5, 5.41) is 6.68. The van der Waals surface area contributed by atoms with Crippen LogP contribution in [-0.2, 0) is 29.3 Å². The highest BCUT2D eigenvalue weighted by Gasteiger charge is 2.11. The first-order chi connectivity index (χ1) is 14.4. The number of sulfone groups is 1. The number of aryl methyl sites for hydroxylation is 1. The minimum Gasteiger partial charge on any atom is -0.469 e. The molecule has 0 spiro atoms. The first-order valence-electron chi connectivity index (χ1n) is 9.80. The number of halogens is 1. The second-order valence-corrected chi connectivity index (χ2v) is 9.12. The topological polar surface area (TPSA) is 83.7 Å². The summed E-state index contributed by atoms with van der Waals surface area (Å²) >= 11 is 0. The monoisotopic (exact) mass is 553 g/mol. The molecule has 3 aromatic rings. The van der Waals surface area contributed by atoms with Crippen molar-refractivity contribution in [2.45, 2.75) is 31.3 Å². The third-order valence-corrected chi connectivity index (χ3v) is 5.86. The molecule has 31 heavy (non-hydrogen) atoms. The van der Waals surface area contributed by atoms with Crippen LogP contribution in [0, 0.1) is 6.92 Å². The number of rotatable bonds is 8. The van der Waals surface area contributed by atoms with Crippen molar-refractivity contribution >= 4 is 39.8 Å². The van der Waals surface area contributed by atoms with Crippen LogP contribution in [0.5, 0.6) is 0 Å². The van der Waals surface area contributed by atoms with Gasteiger partial charge in [-0.25, -0.2) is 13.4 Å². The van der Waals surface area contributed by atoms with Crippen LogP contribution in [0.2, 0.25) is 0 Å². The van der Waals surface area contributed by atoms with Crippen molar-refractivity contribution in [2.75, 3.05) is 12.8 Å². The van der Waals surface area contributed by atoms with Crippen molar-refractivity contribution < 1.29 is 12.8 Å². The van der Waals surface area contributed by atoms with Crippen molar-refractivity contribution in [3.8, 4) is 0 Å². The van der Waals surface area contributed by atoms with Gasteiger partial charge in [-0.2, -0.15) is 0 Å². The molecule has 0 atom stereocenters. The summed E-state index contributed by atoms with van der Waals surface area (Å²) in [6.07, 6.45) is 3.64. The summed E-state index contributed by atoms with van der Waals surface area (Å²) in [4.78, 5) is 5.03. The van der Waals surface area contributed by atoms with Gasteiger partial charge in [0.25, 0.3) is 0 Å². The van der Waals surface area contributed by atoms with E-state index < -0.39 is 9.84 Å². The number of aliphatic imine (C=N–C) groups is 1. The van der Waals surface area contributed by atoms with Gasteiger partial charge in [0.1, 0.15) is 5.76 Å². The SMILES string of the molecule is Cc1cc(CN=C(NCCc2ccco2)NCc2ccccc2)ccc1S(C)(=O)=O.I. The smallest absolute Gasteiger partial charge is 0.191 e. The molecule has 8 heteroatoms. The van der Waals surface area contributed by atoms with Gasteiger partial charge >= 0.3 is 0 Å². The summed E-state index contributed by atoms with van der Waals surface area (Å²) in [5.74, 6) is 1.60. The van der Waals surface area contributed by atoms with Crippen LogP contribution in [0.1, 0.15) is 22.5 Å². The molecule has 2 aromatic carbocycles. The summed E-state index contributed by atoms with van der Waals surface area (Å²) in [6.45, 7) is 3.58. The zero-order valence-electron chi connectivity index (χ0n) is 17.7. The molecule has 2 N–H and O–H groups in total. The maximum absolute atomic E-state index is 11.8. The van der Waals surface area contributed by atoms with E-state index in [1.165, 1.54) is 6.26 Å². The van der Waals surface area contributed by atoms with Crippen molar-refractivity contribution in [3.63, 3.8) is 0 Å². The number of hydrogen-bond donors (Lipinski definition) is 2. The third-order valence-electron chi connectivity index (χ3n) is 4.61. The second kappa shape index (κ2) is 11.9. The fourth-order valence-electron chi connectivity index (χ4n) is 3.11. The van der Waals surface area contributed by atoms with Crippen LogP contribution in [0.4, 0.5) is 0 Å². The average molecular weight is 553 g/mol. The predicted molar refractivity (Wildman–Crippen MR) is 135 cm³/mol. The van der Waals surface area contributed by atoms with E-state index in [0.29, 0.717) is 30.5 Å². The van der Waals surface area contributed by atoms with Crippen molar-refractivity contribution in [1.82, 2.24) is 10.6 Å². The van der Waals surface area contributed by atoms with E-state index >= 15 is 0 Å². The summed E-state index contributed by atoms with van der Waals surface area (Å²) < 4.78 is 29.0. The van der Waals surface area contributed by atoms with Gasteiger partial charge < -0.3 is 15.1 Å². The van der Waals surface area contributed by atoms with E-state index in [0.717, 1.165) is 28.9 Å². The van der Waals surface area contributed by atoms with Crippen LogP contribution in [0.3, 0.4) is 0 Å². The number of nitrogens with one attached hydrogen (secondary N) is 2. The Bertz CT molecular complexity index is 1080. The Hall–Kier alpha value is -2.33. The molecule has 0 aliphatic rings. The summed E-state index contributed by atoms with van der Waals surface area (Å²) in [5.41, 5.74) is 2.84. The highest BCUT2D eigenvalue weighted by molar-refractivity contribution is 14.0. The third kappa shape index (κ3) is 8.02. The highest BCUT2D eigenvalue weighted by Crippen LogP contribution is 2.17. The summed E-state index contributed by atoms with van der Waals surface area (Å²) in [7, 11) is -3.22. The average Bonchev–Trinajstić information content (AvgIpc) is 3.23. The van der Waals surface area contributed by atoms with Gasteiger partial charge in [-0.3, -0.25) is 0 Å². The number of furan rings is 1. The lowest BCUT2D eigenvalue weighted by atomic mass is 10.1. The van der Waals surface area contributed by atoms with E-state index in [4.69, 9.17) is 4.42 Å². The maximum Gasteiger partial charge on any atom is 0.191 e. The van der Waals surface area contributed by atoms with Crippen molar-refractivity contribution in [1.29, 1.82) is 0 Å². The van der Waals surface area contributed by atoms with Crippen LogP contribution in [-0.4, -0.2) is 27.2 Å². The number of nitrogens with zero attached hydrogens (tertiary/aromatic N) is 1. The molecule has 0 amide bonds. The van der Waals surface area contributed by atoms with Crippen molar-refractivity contribution in [2.24, 2.45) is 4.99 Å². The Morgan fingerprint density at radius 3 is 2.42 bits per heavy atom. The molecule has 0 unspecified atom stereocenters. The molecular weight excluding hydrogens is 525 g/mol. The van der Waals surface area contributed by atoms with Crippen LogP contribution < -0.4 is 10.6 Å². The standard InChI is InChI=1S/C23H27N3O3S.HI/c1-18-15-20(10-11-22(18)30(2,27)28)17-26-23(24-13-12-21-9-6-14-29-21)25-16-19-7-4-3-5-8-19;/h3-11,14-15H,12-13,16-17H2,1-2H3,(H2,24,25,26);1H. The zero-order chi connectivity index (χ0) is 21.4. The summed E-state index contributed by atoms with van der Waals surface area (Å²) in [6, 6.07) is 19.3. The highest BCUT2D eigenvalue weighted by atomic mass is 127. The lowest BCUT2D eigenvalue weighted by Crippen LogP contribution is -2.38. The molecule has 0 saturated carbocycles. The minimum absolute atomic E-state index is 0. The first kappa shape index (κ1) is 24.9. The second-order valence-electron chi connectivity index (χ2n) is 7.13. The fourth-order valence-corrected chi connectivity index (χ4v) is 4.07. The molecule has 0 aliphatic heterocycles. The van der Waals surface area contributed by atoms with E-state index in [1.807, 2.05) is 42.5 Å². The first-order valence-corrected chi connectivity index (χ1v) is 11.7. The van der Waals surface area contributed by atoms with Crippen LogP contribution in [0.25, 0.3) is 0 Å². The predicted octanol–water partition coefficient (Wildman–Crippen LogP) is 4.09. The normalized spacial score (nSPS) is 11.6. The Labute approximate surface area is 201 Å². The Kier molecular flexibility index (Phi) is 9.57. The largest absolute Gasteiger partial charge is 0.469 e. The lowest BCUT2D eigenvalue weighted by molar-refractivity contribution is 0.506. The quantitative estimate of drug-likeness (QED) is 0.250. The van der Waals surface area contributed by atoms with Gasteiger partial charge in [-0.1, -0.05) is 42.5 Å². The van der Waals surface area contributed by atoms with Gasteiger partial charge in [-0.05, 0) is 41.8 Å². The molecule has 6 nitrogen and oxygen atoms in total. The number of hydrogen-bond acceptors (Lipinski definition) is 4. The van der Waals surface area contributed by atoms with Gasteiger partial charge in [-0.15, -0.1) is 24.0 Å². The molecule has 3 rings (SSSR count). The van der Waals surface area contributed by atoms with Gasteiger partial charge in [0.2, 0.25) is 0 Å². The van der Waals surface area contributed by atoms with E-state index in [1.54, 1.807) is 19.3 Å². The Balaban J connectivity index is 0.00000341. The van der Waals surface area contributed by atoms with Crippen LogP contribution in [0.15, 0.2) is 81.2 Å². The van der Waals surface area contributed by atoms with Gasteiger partial charge in [0.15, 0.2) is 15.8 Å². The molecule has 166 valence electrons. The molecule has 1 aromatic heterocycles. The van der Waals surface area contributed by atoms with E-state index in [2.05, 4.69) is 27.8 Å².